The molecule has 21 heavy (non-hydrogen) atoms. The monoisotopic (exact) mass is 337 g/mol. The molecule has 0 bridgehead atoms. The van der Waals surface area contributed by atoms with E-state index in [0.717, 1.165) is 12.8 Å². The number of sulfonamides is 1. The lowest BCUT2D eigenvalue weighted by atomic mass is 10.1. The number of rotatable bonds is 4. The average Bonchev–Trinajstić information content (AvgIpc) is 2.97. The maximum atomic E-state index is 12.3. The third kappa shape index (κ3) is 3.97. The molecule has 0 aliphatic carbocycles. The number of likely N-dealkylation sites (N-methyl/N-ethyl adjacent to an activating group) is 1. The molecule has 9 heteroatoms. The van der Waals surface area contributed by atoms with E-state index in [9.17, 15) is 13.2 Å². The van der Waals surface area contributed by atoms with Crippen molar-refractivity contribution in [2.75, 3.05) is 27.2 Å². The van der Waals surface area contributed by atoms with Crippen LogP contribution in [0.15, 0.2) is 21.6 Å². The van der Waals surface area contributed by atoms with E-state index in [4.69, 9.17) is 4.42 Å². The molecule has 1 unspecified atom stereocenters. The normalized spacial score (nSPS) is 19.1. The summed E-state index contributed by atoms with van der Waals surface area (Å²) < 4.78 is 30.5. The van der Waals surface area contributed by atoms with Gasteiger partial charge in [-0.25, -0.2) is 13.1 Å². The first kappa shape index (κ1) is 18.0. The van der Waals surface area contributed by atoms with Crippen LogP contribution in [-0.2, 0) is 10.0 Å². The molecule has 1 aromatic rings. The highest BCUT2D eigenvalue weighted by Gasteiger charge is 2.27. The van der Waals surface area contributed by atoms with Gasteiger partial charge in [-0.05, 0) is 39.1 Å². The van der Waals surface area contributed by atoms with E-state index in [-0.39, 0.29) is 35.2 Å². The number of hydrogen-bond acceptors (Lipinski definition) is 5. The lowest BCUT2D eigenvalue weighted by Gasteiger charge is -2.31. The van der Waals surface area contributed by atoms with Crippen molar-refractivity contribution in [1.29, 1.82) is 0 Å². The van der Waals surface area contributed by atoms with Crippen LogP contribution in [0.5, 0.6) is 0 Å². The Morgan fingerprint density at radius 1 is 1.38 bits per heavy atom. The topological polar surface area (TPSA) is 91.7 Å². The van der Waals surface area contributed by atoms with E-state index in [0.29, 0.717) is 13.1 Å². The van der Waals surface area contributed by atoms with E-state index in [1.807, 2.05) is 7.05 Å². The summed E-state index contributed by atoms with van der Waals surface area (Å²) in [4.78, 5) is 14.0. The van der Waals surface area contributed by atoms with E-state index >= 15 is 0 Å². The van der Waals surface area contributed by atoms with E-state index < -0.39 is 10.0 Å². The van der Waals surface area contributed by atoms with Gasteiger partial charge in [0.05, 0.1) is 0 Å². The third-order valence-electron chi connectivity index (χ3n) is 3.44. The summed E-state index contributed by atoms with van der Waals surface area (Å²) in [6.07, 6.45) is 1.94. The van der Waals surface area contributed by atoms with Crippen LogP contribution < -0.4 is 10.0 Å². The Balaban J connectivity index is 0.00000220. The predicted octanol–water partition coefficient (Wildman–Crippen LogP) is 0.434. The zero-order valence-corrected chi connectivity index (χ0v) is 13.6. The van der Waals surface area contributed by atoms with Crippen LogP contribution in [0.1, 0.15) is 23.4 Å². The highest BCUT2D eigenvalue weighted by atomic mass is 35.5. The van der Waals surface area contributed by atoms with E-state index in [2.05, 4.69) is 10.0 Å². The molecule has 0 saturated carbocycles. The number of carbonyl (C=O) groups is 1. The molecule has 1 aliphatic rings. The molecule has 1 amide bonds. The van der Waals surface area contributed by atoms with Gasteiger partial charge in [0.25, 0.3) is 15.9 Å². The standard InChI is InChI=1S/C12H19N3O4S.ClH/c1-13-9-4-3-7-15(8-9)12(16)10-5-6-11(19-10)20(17,18)14-2;/h5-6,9,13-14H,3-4,7-8H2,1-2H3;1H. The van der Waals surface area contributed by atoms with Crippen molar-refractivity contribution < 1.29 is 17.6 Å². The van der Waals surface area contributed by atoms with Crippen molar-refractivity contribution in [3.63, 3.8) is 0 Å². The molecule has 2 rings (SSSR count). The highest BCUT2D eigenvalue weighted by Crippen LogP contribution is 2.18. The molecular weight excluding hydrogens is 318 g/mol. The van der Waals surface area contributed by atoms with Gasteiger partial charge in [-0.3, -0.25) is 4.79 Å². The van der Waals surface area contributed by atoms with Crippen molar-refractivity contribution in [2.45, 2.75) is 24.0 Å². The Morgan fingerprint density at radius 2 is 2.10 bits per heavy atom. The minimum Gasteiger partial charge on any atom is -0.438 e. The van der Waals surface area contributed by atoms with Crippen LogP contribution in [-0.4, -0.2) is 52.5 Å². The summed E-state index contributed by atoms with van der Waals surface area (Å²) in [6, 6.07) is 2.96. The van der Waals surface area contributed by atoms with E-state index in [1.165, 1.54) is 19.2 Å². The van der Waals surface area contributed by atoms with Crippen molar-refractivity contribution in [3.05, 3.63) is 17.9 Å². The number of hydrogen-bond donors (Lipinski definition) is 2. The molecule has 2 heterocycles. The first-order valence-corrected chi connectivity index (χ1v) is 7.96. The van der Waals surface area contributed by atoms with Crippen LogP contribution in [0, 0.1) is 0 Å². The van der Waals surface area contributed by atoms with Crippen molar-refractivity contribution in [3.8, 4) is 0 Å². The lowest BCUT2D eigenvalue weighted by molar-refractivity contribution is 0.0660. The van der Waals surface area contributed by atoms with Crippen LogP contribution in [0.25, 0.3) is 0 Å². The Bertz CT molecular complexity index is 587. The number of nitrogens with zero attached hydrogens (tertiary/aromatic N) is 1. The molecule has 0 aromatic carbocycles. The molecule has 2 N–H and O–H groups in total. The van der Waals surface area contributed by atoms with Gasteiger partial charge in [0.15, 0.2) is 5.76 Å². The lowest BCUT2D eigenvalue weighted by Crippen LogP contribution is -2.46. The molecule has 1 aliphatic heterocycles. The van der Waals surface area contributed by atoms with E-state index in [1.54, 1.807) is 4.90 Å². The maximum absolute atomic E-state index is 12.3. The van der Waals surface area contributed by atoms with Crippen molar-refractivity contribution in [2.24, 2.45) is 0 Å². The summed E-state index contributed by atoms with van der Waals surface area (Å²) in [5, 5.41) is 2.90. The van der Waals surface area contributed by atoms with Crippen LogP contribution in [0.4, 0.5) is 0 Å². The molecule has 1 fully saturated rings. The van der Waals surface area contributed by atoms with Gasteiger partial charge in [0.2, 0.25) is 5.09 Å². The molecule has 120 valence electrons. The van der Waals surface area contributed by atoms with Gasteiger partial charge in [-0.2, -0.15) is 0 Å². The van der Waals surface area contributed by atoms with Crippen molar-refractivity contribution >= 4 is 28.3 Å². The molecule has 1 saturated heterocycles. The first-order valence-electron chi connectivity index (χ1n) is 6.48. The van der Waals surface area contributed by atoms with Gasteiger partial charge in [-0.1, -0.05) is 0 Å². The SMILES string of the molecule is CNC1CCCN(C(=O)c2ccc(S(=O)(=O)NC)o2)C1.Cl. The summed E-state index contributed by atoms with van der Waals surface area (Å²) >= 11 is 0. The number of furan rings is 1. The maximum Gasteiger partial charge on any atom is 0.289 e. The fourth-order valence-corrected chi connectivity index (χ4v) is 2.88. The predicted molar refractivity (Wildman–Crippen MR) is 80.2 cm³/mol. The van der Waals surface area contributed by atoms with Crippen LogP contribution >= 0.6 is 12.4 Å². The molecular formula is C12H20ClN3O4S. The number of likely N-dealkylation sites (tertiary alicyclic amines) is 1. The Labute approximate surface area is 130 Å². The van der Waals surface area contributed by atoms with Gasteiger partial charge in [-0.15, -0.1) is 12.4 Å². The highest BCUT2D eigenvalue weighted by molar-refractivity contribution is 7.89. The second kappa shape index (κ2) is 7.26. The molecule has 1 aromatic heterocycles. The van der Waals surface area contributed by atoms with Gasteiger partial charge in [0, 0.05) is 19.1 Å². The zero-order valence-electron chi connectivity index (χ0n) is 12.0. The number of halogens is 1. The molecule has 0 radical (unpaired) electrons. The molecule has 7 nitrogen and oxygen atoms in total. The zero-order chi connectivity index (χ0) is 14.8. The second-order valence-corrected chi connectivity index (χ2v) is 6.52. The Kier molecular flexibility index (Phi) is 6.21. The second-order valence-electron chi connectivity index (χ2n) is 4.71. The number of piperidine rings is 1. The number of carbonyl (C=O) groups excluding carboxylic acids is 1. The first-order chi connectivity index (χ1) is 9.47. The Morgan fingerprint density at radius 3 is 2.71 bits per heavy atom. The Hall–Kier alpha value is -1.09. The smallest absolute Gasteiger partial charge is 0.289 e. The van der Waals surface area contributed by atoms with Crippen LogP contribution in [0.3, 0.4) is 0 Å². The third-order valence-corrected chi connectivity index (χ3v) is 4.73. The minimum atomic E-state index is -3.66. The number of amides is 1. The summed E-state index contributed by atoms with van der Waals surface area (Å²) in [7, 11) is -0.499. The minimum absolute atomic E-state index is 0. The quantitative estimate of drug-likeness (QED) is 0.831. The van der Waals surface area contributed by atoms with Gasteiger partial charge < -0.3 is 14.6 Å². The summed E-state index contributed by atoms with van der Waals surface area (Å²) in [6.45, 7) is 1.26. The van der Waals surface area contributed by atoms with Crippen molar-refractivity contribution in [1.82, 2.24) is 14.9 Å². The summed E-state index contributed by atoms with van der Waals surface area (Å²) in [5.41, 5.74) is 0. The fourth-order valence-electron chi connectivity index (χ4n) is 2.23. The van der Waals surface area contributed by atoms with Gasteiger partial charge >= 0.3 is 0 Å². The molecule has 0 spiro atoms. The average molecular weight is 338 g/mol. The molecule has 1 atom stereocenters. The van der Waals surface area contributed by atoms with Crippen LogP contribution in [0.2, 0.25) is 0 Å². The largest absolute Gasteiger partial charge is 0.438 e. The number of nitrogens with one attached hydrogen (secondary N) is 2. The van der Waals surface area contributed by atoms with Gasteiger partial charge in [0.1, 0.15) is 0 Å². The fraction of sp³-hybridized carbons (Fsp3) is 0.583. The summed E-state index contributed by atoms with van der Waals surface area (Å²) in [5.74, 6) is -0.224.